The van der Waals surface area contributed by atoms with Crippen LogP contribution in [0, 0.1) is 0 Å². The van der Waals surface area contributed by atoms with Gasteiger partial charge < -0.3 is 10.0 Å². The quantitative estimate of drug-likeness (QED) is 0.920. The van der Waals surface area contributed by atoms with Crippen LogP contribution in [0.25, 0.3) is 0 Å². The Balaban J connectivity index is 2.17. The Morgan fingerprint density at radius 1 is 1.35 bits per heavy atom. The van der Waals surface area contributed by atoms with Crippen LogP contribution in [-0.2, 0) is 11.3 Å². The molecular weight excluding hydrogens is 256 g/mol. The number of amides is 2. The number of hydrogen-bond donors (Lipinski definition) is 1. The first-order chi connectivity index (χ1) is 9.42. The van der Waals surface area contributed by atoms with Gasteiger partial charge in [0.1, 0.15) is 0 Å². The molecule has 1 N–H and O–H groups in total. The Kier molecular flexibility index (Phi) is 3.97. The van der Waals surface area contributed by atoms with E-state index >= 15 is 0 Å². The average molecular weight is 276 g/mol. The number of carbonyl (C=O) groups is 2. The van der Waals surface area contributed by atoms with Gasteiger partial charge in [-0.15, -0.1) is 0 Å². The number of likely N-dealkylation sites (tertiary alicyclic amines) is 1. The zero-order valence-corrected chi connectivity index (χ0v) is 11.9. The van der Waals surface area contributed by atoms with E-state index in [0.717, 1.165) is 5.56 Å². The summed E-state index contributed by atoms with van der Waals surface area (Å²) in [6.45, 7) is 4.85. The van der Waals surface area contributed by atoms with Crippen molar-refractivity contribution in [2.45, 2.75) is 32.4 Å². The molecular formula is C15H20N2O3. The van der Waals surface area contributed by atoms with Crippen molar-refractivity contribution in [3.8, 4) is 0 Å². The second-order valence-corrected chi connectivity index (χ2v) is 5.54. The molecule has 5 heteroatoms. The fourth-order valence-corrected chi connectivity index (χ4v) is 2.69. The zero-order chi connectivity index (χ0) is 14.8. The molecule has 1 aliphatic heterocycles. The Morgan fingerprint density at radius 2 is 2.00 bits per heavy atom. The summed E-state index contributed by atoms with van der Waals surface area (Å²) in [5.74, 6) is -0.00113. The highest BCUT2D eigenvalue weighted by molar-refractivity contribution is 5.74. The largest absolute Gasteiger partial charge is 0.465 e. The van der Waals surface area contributed by atoms with E-state index in [2.05, 4.69) is 0 Å². The molecule has 2 amide bonds. The fourth-order valence-electron chi connectivity index (χ4n) is 2.69. The van der Waals surface area contributed by atoms with Gasteiger partial charge in [0.05, 0.1) is 5.54 Å². The summed E-state index contributed by atoms with van der Waals surface area (Å²) in [4.78, 5) is 26.2. The van der Waals surface area contributed by atoms with Gasteiger partial charge >= 0.3 is 6.09 Å². The third kappa shape index (κ3) is 2.92. The Hall–Kier alpha value is -2.04. The van der Waals surface area contributed by atoms with Crippen LogP contribution in [0.4, 0.5) is 4.79 Å². The van der Waals surface area contributed by atoms with Gasteiger partial charge in [-0.2, -0.15) is 0 Å². The maximum Gasteiger partial charge on any atom is 0.408 e. The van der Waals surface area contributed by atoms with Gasteiger partial charge in [0, 0.05) is 26.6 Å². The van der Waals surface area contributed by atoms with Crippen LogP contribution in [0.3, 0.4) is 0 Å². The van der Waals surface area contributed by atoms with Crippen molar-refractivity contribution in [3.63, 3.8) is 0 Å². The summed E-state index contributed by atoms with van der Waals surface area (Å²) in [7, 11) is 0. The SMILES string of the molecule is CC(=O)N1CCC(C)(N(Cc2ccccc2)C(=O)O)C1. The molecule has 1 heterocycles. The highest BCUT2D eigenvalue weighted by atomic mass is 16.4. The van der Waals surface area contributed by atoms with Crippen molar-refractivity contribution in [1.82, 2.24) is 9.80 Å². The Labute approximate surface area is 118 Å². The van der Waals surface area contributed by atoms with E-state index in [4.69, 9.17) is 0 Å². The molecule has 0 saturated carbocycles. The van der Waals surface area contributed by atoms with Crippen LogP contribution < -0.4 is 0 Å². The lowest BCUT2D eigenvalue weighted by molar-refractivity contribution is -0.128. The maximum atomic E-state index is 11.6. The highest BCUT2D eigenvalue weighted by Crippen LogP contribution is 2.29. The smallest absolute Gasteiger partial charge is 0.408 e. The molecule has 1 fully saturated rings. The average Bonchev–Trinajstić information content (AvgIpc) is 2.80. The molecule has 1 aromatic carbocycles. The number of carboxylic acid groups (broad SMARTS) is 1. The molecule has 1 unspecified atom stereocenters. The van der Waals surface area contributed by atoms with Crippen molar-refractivity contribution in [2.75, 3.05) is 13.1 Å². The molecule has 20 heavy (non-hydrogen) atoms. The Morgan fingerprint density at radius 3 is 2.50 bits per heavy atom. The number of benzene rings is 1. The van der Waals surface area contributed by atoms with Gasteiger partial charge in [0.15, 0.2) is 0 Å². The standard InChI is InChI=1S/C15H20N2O3/c1-12(18)16-9-8-15(2,11-16)17(14(19)20)10-13-6-4-3-5-7-13/h3-7H,8-11H2,1-2H3,(H,19,20). The van der Waals surface area contributed by atoms with Gasteiger partial charge in [0.2, 0.25) is 5.91 Å². The van der Waals surface area contributed by atoms with E-state index in [1.807, 2.05) is 37.3 Å². The van der Waals surface area contributed by atoms with Crippen LogP contribution in [0.15, 0.2) is 30.3 Å². The van der Waals surface area contributed by atoms with Crippen LogP contribution >= 0.6 is 0 Å². The first-order valence-corrected chi connectivity index (χ1v) is 6.72. The second kappa shape index (κ2) is 5.53. The third-order valence-electron chi connectivity index (χ3n) is 3.96. The van der Waals surface area contributed by atoms with Gasteiger partial charge in [0.25, 0.3) is 0 Å². The molecule has 2 rings (SSSR count). The summed E-state index contributed by atoms with van der Waals surface area (Å²) in [5, 5.41) is 9.51. The van der Waals surface area contributed by atoms with E-state index in [0.29, 0.717) is 26.1 Å². The minimum Gasteiger partial charge on any atom is -0.465 e. The lowest BCUT2D eigenvalue weighted by Gasteiger charge is -2.36. The number of nitrogens with zero attached hydrogens (tertiary/aromatic N) is 2. The molecule has 0 spiro atoms. The van der Waals surface area contributed by atoms with Crippen LogP contribution in [0.1, 0.15) is 25.8 Å². The molecule has 5 nitrogen and oxygen atoms in total. The van der Waals surface area contributed by atoms with Crippen LogP contribution in [-0.4, -0.2) is 45.5 Å². The van der Waals surface area contributed by atoms with Crippen molar-refractivity contribution < 1.29 is 14.7 Å². The molecule has 0 radical (unpaired) electrons. The lowest BCUT2D eigenvalue weighted by Crippen LogP contribution is -2.50. The summed E-state index contributed by atoms with van der Waals surface area (Å²) in [6.07, 6.45) is -0.270. The topological polar surface area (TPSA) is 60.9 Å². The molecule has 1 aromatic rings. The van der Waals surface area contributed by atoms with Gasteiger partial charge in [-0.25, -0.2) is 4.79 Å². The van der Waals surface area contributed by atoms with Crippen molar-refractivity contribution in [2.24, 2.45) is 0 Å². The third-order valence-corrected chi connectivity index (χ3v) is 3.96. The first kappa shape index (κ1) is 14.4. The molecule has 1 saturated heterocycles. The maximum absolute atomic E-state index is 11.6. The number of rotatable bonds is 3. The lowest BCUT2D eigenvalue weighted by atomic mass is 9.98. The predicted molar refractivity (Wildman–Crippen MR) is 75.3 cm³/mol. The normalized spacial score (nSPS) is 21.8. The van der Waals surface area contributed by atoms with Crippen molar-refractivity contribution in [3.05, 3.63) is 35.9 Å². The van der Waals surface area contributed by atoms with Crippen molar-refractivity contribution in [1.29, 1.82) is 0 Å². The van der Waals surface area contributed by atoms with Crippen molar-refractivity contribution >= 4 is 12.0 Å². The minimum absolute atomic E-state index is 0.00113. The van der Waals surface area contributed by atoms with Gasteiger partial charge in [-0.05, 0) is 18.9 Å². The molecule has 1 atom stereocenters. The van der Waals surface area contributed by atoms with Gasteiger partial charge in [-0.1, -0.05) is 30.3 Å². The fraction of sp³-hybridized carbons (Fsp3) is 0.467. The number of carbonyl (C=O) groups excluding carboxylic acids is 1. The van der Waals surface area contributed by atoms with E-state index in [1.54, 1.807) is 4.90 Å². The summed E-state index contributed by atoms with van der Waals surface area (Å²) >= 11 is 0. The van der Waals surface area contributed by atoms with E-state index in [1.165, 1.54) is 11.8 Å². The number of hydrogen-bond acceptors (Lipinski definition) is 2. The monoisotopic (exact) mass is 276 g/mol. The van der Waals surface area contributed by atoms with Crippen LogP contribution in [0.2, 0.25) is 0 Å². The second-order valence-electron chi connectivity index (χ2n) is 5.54. The van der Waals surface area contributed by atoms with E-state index < -0.39 is 11.6 Å². The highest BCUT2D eigenvalue weighted by Gasteiger charge is 2.42. The molecule has 0 aromatic heterocycles. The summed E-state index contributed by atoms with van der Waals surface area (Å²) in [6, 6.07) is 9.53. The van der Waals surface area contributed by atoms with E-state index in [9.17, 15) is 14.7 Å². The van der Waals surface area contributed by atoms with Gasteiger partial charge in [-0.3, -0.25) is 9.69 Å². The molecule has 108 valence electrons. The predicted octanol–water partition coefficient (Wildman–Crippen LogP) is 2.18. The molecule has 0 bridgehead atoms. The van der Waals surface area contributed by atoms with Crippen LogP contribution in [0.5, 0.6) is 0 Å². The first-order valence-electron chi connectivity index (χ1n) is 6.72. The zero-order valence-electron chi connectivity index (χ0n) is 11.9. The minimum atomic E-state index is -0.943. The molecule has 1 aliphatic rings. The Bertz CT molecular complexity index is 503. The summed E-state index contributed by atoms with van der Waals surface area (Å²) in [5.41, 5.74) is 0.435. The molecule has 0 aliphatic carbocycles. The summed E-state index contributed by atoms with van der Waals surface area (Å²) < 4.78 is 0. The van der Waals surface area contributed by atoms with E-state index in [-0.39, 0.29) is 5.91 Å².